The van der Waals surface area contributed by atoms with Crippen molar-refractivity contribution >= 4 is 42.0 Å². The topological polar surface area (TPSA) is 90.3 Å². The van der Waals surface area contributed by atoms with Crippen LogP contribution in [0.1, 0.15) is 22.7 Å². The summed E-state index contributed by atoms with van der Waals surface area (Å²) in [6.45, 7) is 0. The lowest BCUT2D eigenvalue weighted by Crippen LogP contribution is -2.20. The SMILES string of the molecule is COc1ccc(C2C=C(c3ccccc3)Nc3nc(NC(=O)C=Cc4ccccc4OC)nn32)cc1.Cl. The van der Waals surface area contributed by atoms with Crippen molar-refractivity contribution in [2.45, 2.75) is 6.04 Å². The Balaban J connectivity index is 0.00000320. The molecule has 1 aliphatic rings. The molecule has 188 valence electrons. The molecular weight excluding hydrogens is 490 g/mol. The summed E-state index contributed by atoms with van der Waals surface area (Å²) in [6.07, 6.45) is 5.21. The summed E-state index contributed by atoms with van der Waals surface area (Å²) in [5, 5.41) is 10.7. The fourth-order valence-electron chi connectivity index (χ4n) is 3.99. The number of fused-ring (bicyclic) bond motifs is 1. The van der Waals surface area contributed by atoms with Crippen molar-refractivity contribution in [2.75, 3.05) is 24.9 Å². The molecule has 8 nitrogen and oxygen atoms in total. The van der Waals surface area contributed by atoms with Crippen molar-refractivity contribution in [3.05, 3.63) is 108 Å². The first-order valence-corrected chi connectivity index (χ1v) is 11.4. The molecule has 0 saturated carbocycles. The fraction of sp³-hybridized carbons (Fsp3) is 0.107. The Morgan fingerprint density at radius 1 is 0.973 bits per heavy atom. The number of aromatic nitrogens is 3. The Morgan fingerprint density at radius 2 is 1.70 bits per heavy atom. The van der Waals surface area contributed by atoms with Crippen molar-refractivity contribution in [2.24, 2.45) is 0 Å². The lowest BCUT2D eigenvalue weighted by Gasteiger charge is -2.24. The largest absolute Gasteiger partial charge is 0.497 e. The molecule has 1 atom stereocenters. The minimum absolute atomic E-state index is 0. The Labute approximate surface area is 221 Å². The van der Waals surface area contributed by atoms with Gasteiger partial charge in [0.05, 0.1) is 14.2 Å². The molecular formula is C28H26ClN5O3. The number of anilines is 2. The smallest absolute Gasteiger partial charge is 0.250 e. The number of carbonyl (C=O) groups excluding carboxylic acids is 1. The van der Waals surface area contributed by atoms with E-state index < -0.39 is 0 Å². The van der Waals surface area contributed by atoms with Gasteiger partial charge in [-0.2, -0.15) is 4.98 Å². The van der Waals surface area contributed by atoms with Crippen LogP contribution >= 0.6 is 12.4 Å². The molecule has 0 bridgehead atoms. The minimum atomic E-state index is -0.346. The van der Waals surface area contributed by atoms with Crippen LogP contribution in [0.25, 0.3) is 11.8 Å². The Hall–Kier alpha value is -4.56. The molecule has 3 aromatic carbocycles. The van der Waals surface area contributed by atoms with Gasteiger partial charge < -0.3 is 14.8 Å². The van der Waals surface area contributed by atoms with E-state index >= 15 is 0 Å². The molecule has 1 aromatic heterocycles. The molecule has 0 saturated heterocycles. The third-order valence-corrected chi connectivity index (χ3v) is 5.80. The summed E-state index contributed by atoms with van der Waals surface area (Å²) in [5.74, 6) is 1.84. The third-order valence-electron chi connectivity index (χ3n) is 5.80. The van der Waals surface area contributed by atoms with E-state index in [1.807, 2.05) is 78.9 Å². The number of nitrogens with zero attached hydrogens (tertiary/aromatic N) is 3. The second-order valence-corrected chi connectivity index (χ2v) is 8.06. The van der Waals surface area contributed by atoms with E-state index in [2.05, 4.69) is 26.8 Å². The van der Waals surface area contributed by atoms with E-state index in [4.69, 9.17) is 9.47 Å². The average Bonchev–Trinajstić information content (AvgIpc) is 3.34. The van der Waals surface area contributed by atoms with Crippen LogP contribution in [-0.2, 0) is 4.79 Å². The van der Waals surface area contributed by atoms with Gasteiger partial charge in [0, 0.05) is 17.3 Å². The molecule has 1 unspecified atom stereocenters. The first-order chi connectivity index (χ1) is 17.6. The average molecular weight is 516 g/mol. The summed E-state index contributed by atoms with van der Waals surface area (Å²) < 4.78 is 12.4. The van der Waals surface area contributed by atoms with Gasteiger partial charge in [0.15, 0.2) is 0 Å². The van der Waals surface area contributed by atoms with Crippen LogP contribution in [0.3, 0.4) is 0 Å². The second-order valence-electron chi connectivity index (χ2n) is 8.06. The van der Waals surface area contributed by atoms with Gasteiger partial charge in [0.1, 0.15) is 17.5 Å². The molecule has 2 N–H and O–H groups in total. The number of rotatable bonds is 7. The molecule has 0 radical (unpaired) electrons. The van der Waals surface area contributed by atoms with Gasteiger partial charge in [-0.1, -0.05) is 60.7 Å². The predicted molar refractivity (Wildman–Crippen MR) is 147 cm³/mol. The number of halogens is 1. The van der Waals surface area contributed by atoms with E-state index in [1.165, 1.54) is 6.08 Å². The van der Waals surface area contributed by atoms with Crippen LogP contribution in [0.4, 0.5) is 11.9 Å². The molecule has 0 spiro atoms. The van der Waals surface area contributed by atoms with Crippen LogP contribution in [0.5, 0.6) is 11.5 Å². The molecule has 37 heavy (non-hydrogen) atoms. The number of allylic oxidation sites excluding steroid dienone is 1. The van der Waals surface area contributed by atoms with Crippen LogP contribution in [-0.4, -0.2) is 34.9 Å². The number of carbonyl (C=O) groups is 1. The van der Waals surface area contributed by atoms with E-state index in [0.717, 1.165) is 28.1 Å². The standard InChI is InChI=1S/C28H25N5O3.ClH/c1-35-22-15-12-20(13-16-22)24-18-23(19-8-4-3-5-9-19)29-28-31-27(32-33(24)28)30-26(34)17-14-21-10-6-7-11-25(21)36-2;/h3-18,24H,1-2H3,(H2,29,30,31,32,34);1H. The minimum Gasteiger partial charge on any atom is -0.497 e. The van der Waals surface area contributed by atoms with Gasteiger partial charge in [-0.15, -0.1) is 17.5 Å². The highest BCUT2D eigenvalue weighted by Crippen LogP contribution is 2.33. The lowest BCUT2D eigenvalue weighted by atomic mass is 10.0. The molecule has 1 aliphatic heterocycles. The zero-order valence-corrected chi connectivity index (χ0v) is 21.1. The van der Waals surface area contributed by atoms with Crippen molar-refractivity contribution in [3.8, 4) is 11.5 Å². The number of methoxy groups -OCH3 is 2. The number of amides is 1. The van der Waals surface area contributed by atoms with Crippen molar-refractivity contribution in [1.82, 2.24) is 14.8 Å². The normalized spacial score (nSPS) is 14.1. The maximum Gasteiger partial charge on any atom is 0.250 e. The summed E-state index contributed by atoms with van der Waals surface area (Å²) in [7, 11) is 3.23. The van der Waals surface area contributed by atoms with Gasteiger partial charge in [-0.05, 0) is 41.5 Å². The molecule has 2 heterocycles. The number of para-hydroxylation sites is 1. The summed E-state index contributed by atoms with van der Waals surface area (Å²) in [6, 6.07) is 25.0. The Morgan fingerprint density at radius 3 is 2.43 bits per heavy atom. The number of ether oxygens (including phenoxy) is 2. The maximum absolute atomic E-state index is 12.6. The van der Waals surface area contributed by atoms with Crippen molar-refractivity contribution in [1.29, 1.82) is 0 Å². The zero-order valence-electron chi connectivity index (χ0n) is 20.3. The fourth-order valence-corrected chi connectivity index (χ4v) is 3.99. The van der Waals surface area contributed by atoms with E-state index in [9.17, 15) is 4.79 Å². The number of hydrogen-bond acceptors (Lipinski definition) is 6. The predicted octanol–water partition coefficient (Wildman–Crippen LogP) is 5.43. The van der Waals surface area contributed by atoms with E-state index in [1.54, 1.807) is 25.0 Å². The monoisotopic (exact) mass is 515 g/mol. The highest BCUT2D eigenvalue weighted by atomic mass is 35.5. The molecule has 0 aliphatic carbocycles. The van der Waals surface area contributed by atoms with Crippen molar-refractivity contribution < 1.29 is 14.3 Å². The molecule has 4 aromatic rings. The van der Waals surface area contributed by atoms with Gasteiger partial charge in [0.2, 0.25) is 5.95 Å². The van der Waals surface area contributed by atoms with Gasteiger partial charge in [-0.25, -0.2) is 4.68 Å². The number of benzene rings is 3. The quantitative estimate of drug-likeness (QED) is 0.319. The highest BCUT2D eigenvalue weighted by Gasteiger charge is 2.25. The van der Waals surface area contributed by atoms with Crippen molar-refractivity contribution in [3.63, 3.8) is 0 Å². The zero-order chi connectivity index (χ0) is 24.9. The lowest BCUT2D eigenvalue weighted by molar-refractivity contribution is -0.111. The van der Waals surface area contributed by atoms with Crippen LogP contribution in [0.2, 0.25) is 0 Å². The summed E-state index contributed by atoms with van der Waals surface area (Å²) in [4.78, 5) is 17.2. The molecule has 0 fully saturated rings. The van der Waals surface area contributed by atoms with Crippen LogP contribution in [0, 0.1) is 0 Å². The molecule has 1 amide bonds. The first-order valence-electron chi connectivity index (χ1n) is 11.4. The van der Waals surface area contributed by atoms with Gasteiger partial charge >= 0.3 is 0 Å². The van der Waals surface area contributed by atoms with Gasteiger partial charge in [-0.3, -0.25) is 10.1 Å². The summed E-state index contributed by atoms with van der Waals surface area (Å²) in [5.41, 5.74) is 3.73. The molecule has 5 rings (SSSR count). The second kappa shape index (κ2) is 11.5. The summed E-state index contributed by atoms with van der Waals surface area (Å²) >= 11 is 0. The van der Waals surface area contributed by atoms with E-state index in [0.29, 0.717) is 11.7 Å². The number of hydrogen-bond donors (Lipinski definition) is 2. The highest BCUT2D eigenvalue weighted by molar-refractivity contribution is 6.01. The van der Waals surface area contributed by atoms with Crippen LogP contribution < -0.4 is 20.1 Å². The number of nitrogens with one attached hydrogen (secondary N) is 2. The Bertz CT molecular complexity index is 1430. The van der Waals surface area contributed by atoms with Gasteiger partial charge in [0.25, 0.3) is 11.9 Å². The molecule has 9 heteroatoms. The van der Waals surface area contributed by atoms with Crippen LogP contribution in [0.15, 0.2) is 91.0 Å². The van der Waals surface area contributed by atoms with E-state index in [-0.39, 0.29) is 30.3 Å². The first kappa shape index (κ1) is 25.5. The maximum atomic E-state index is 12.6. The Kier molecular flexibility index (Phi) is 7.90. The third kappa shape index (κ3) is 5.65.